The van der Waals surface area contributed by atoms with Gasteiger partial charge in [-0.3, -0.25) is 9.57 Å². The van der Waals surface area contributed by atoms with E-state index in [-0.39, 0.29) is 12.3 Å². The molecule has 2 rings (SSSR count). The summed E-state index contributed by atoms with van der Waals surface area (Å²) in [5.41, 5.74) is 0.742. The summed E-state index contributed by atoms with van der Waals surface area (Å²) in [7, 11) is 1.26. The smallest absolute Gasteiger partial charge is 0.363 e. The van der Waals surface area contributed by atoms with E-state index in [9.17, 15) is 9.90 Å². The molecule has 16 heavy (non-hydrogen) atoms. The van der Waals surface area contributed by atoms with Crippen LogP contribution in [0, 0.1) is 0 Å². The summed E-state index contributed by atoms with van der Waals surface area (Å²) in [5, 5.41) is 14.0. The van der Waals surface area contributed by atoms with Crippen LogP contribution in [0.4, 0.5) is 0 Å². The molecule has 0 atom stereocenters. The van der Waals surface area contributed by atoms with Crippen molar-refractivity contribution in [1.82, 2.24) is 9.78 Å². The monoisotopic (exact) mass is 222 g/mol. The van der Waals surface area contributed by atoms with Crippen molar-refractivity contribution in [2.75, 3.05) is 7.11 Å². The van der Waals surface area contributed by atoms with Gasteiger partial charge in [0.15, 0.2) is 0 Å². The molecule has 2 aromatic rings. The van der Waals surface area contributed by atoms with Crippen molar-refractivity contribution in [2.24, 2.45) is 0 Å². The predicted molar refractivity (Wildman–Crippen MR) is 54.5 cm³/mol. The Labute approximate surface area is 90.9 Å². The lowest BCUT2D eigenvalue weighted by molar-refractivity contribution is -0.255. The summed E-state index contributed by atoms with van der Waals surface area (Å²) in [6, 6.07) is 4.78. The summed E-state index contributed by atoms with van der Waals surface area (Å²) < 4.78 is 1.47. The van der Waals surface area contributed by atoms with E-state index in [0.717, 1.165) is 10.9 Å². The number of benzene rings is 1. The van der Waals surface area contributed by atoms with Crippen molar-refractivity contribution >= 4 is 16.9 Å². The number of hydrogen-bond donors (Lipinski definition) is 1. The van der Waals surface area contributed by atoms with E-state index in [1.54, 1.807) is 18.3 Å². The van der Waals surface area contributed by atoms with Gasteiger partial charge in [0.1, 0.15) is 12.3 Å². The topological polar surface area (TPSA) is 73.6 Å². The molecule has 0 fully saturated rings. The molecule has 0 aliphatic carbocycles. The molecule has 0 spiro atoms. The number of rotatable bonds is 3. The van der Waals surface area contributed by atoms with Gasteiger partial charge in [0.2, 0.25) is 0 Å². The van der Waals surface area contributed by atoms with Crippen LogP contribution in [0.25, 0.3) is 10.9 Å². The van der Waals surface area contributed by atoms with Crippen molar-refractivity contribution in [1.29, 1.82) is 0 Å². The Morgan fingerprint density at radius 2 is 2.38 bits per heavy atom. The highest BCUT2D eigenvalue weighted by atomic mass is 17.2. The first-order chi connectivity index (χ1) is 7.70. The maximum Gasteiger partial charge on any atom is 0.363 e. The number of phenolic OH excluding ortho intramolecular Hbond substituents is 1. The highest BCUT2D eigenvalue weighted by molar-refractivity contribution is 5.81. The molecule has 1 aromatic heterocycles. The van der Waals surface area contributed by atoms with Crippen LogP contribution in [0.2, 0.25) is 0 Å². The van der Waals surface area contributed by atoms with E-state index < -0.39 is 5.97 Å². The van der Waals surface area contributed by atoms with E-state index in [2.05, 4.69) is 14.9 Å². The second-order valence-electron chi connectivity index (χ2n) is 3.17. The molecule has 0 bridgehead atoms. The number of nitrogens with zero attached hydrogens (tertiary/aromatic N) is 2. The van der Waals surface area contributed by atoms with Crippen LogP contribution < -0.4 is 0 Å². The van der Waals surface area contributed by atoms with Crippen LogP contribution >= 0.6 is 0 Å². The predicted octanol–water partition coefficient (Wildman–Crippen LogP) is 0.846. The fourth-order valence-electron chi connectivity index (χ4n) is 1.44. The van der Waals surface area contributed by atoms with E-state index in [1.807, 2.05) is 0 Å². The lowest BCUT2D eigenvalue weighted by Gasteiger charge is -2.02. The van der Waals surface area contributed by atoms with E-state index in [1.165, 1.54) is 17.9 Å². The van der Waals surface area contributed by atoms with Crippen molar-refractivity contribution in [3.8, 4) is 5.75 Å². The Kier molecular flexibility index (Phi) is 2.74. The van der Waals surface area contributed by atoms with Crippen molar-refractivity contribution in [3.63, 3.8) is 0 Å². The van der Waals surface area contributed by atoms with Crippen LogP contribution in [0.5, 0.6) is 5.75 Å². The third-order valence-electron chi connectivity index (χ3n) is 2.08. The normalized spacial score (nSPS) is 10.6. The first-order valence-corrected chi connectivity index (χ1v) is 4.59. The minimum atomic E-state index is -0.541. The first-order valence-electron chi connectivity index (χ1n) is 4.59. The maximum absolute atomic E-state index is 11.2. The molecule has 84 valence electrons. The number of carbonyl (C=O) groups is 1. The molecule has 0 radical (unpaired) electrons. The first kappa shape index (κ1) is 10.4. The minimum Gasteiger partial charge on any atom is -0.508 e. The molecule has 1 N–H and O–H groups in total. The van der Waals surface area contributed by atoms with Crippen molar-refractivity contribution in [2.45, 2.75) is 6.54 Å². The largest absolute Gasteiger partial charge is 0.508 e. The lowest BCUT2D eigenvalue weighted by atomic mass is 10.2. The van der Waals surface area contributed by atoms with Gasteiger partial charge >= 0.3 is 5.97 Å². The number of aromatic nitrogens is 2. The molecule has 0 unspecified atom stereocenters. The van der Waals surface area contributed by atoms with Gasteiger partial charge in [-0.25, -0.2) is 4.79 Å². The fourth-order valence-corrected chi connectivity index (χ4v) is 1.44. The highest BCUT2D eigenvalue weighted by Gasteiger charge is 2.09. The van der Waals surface area contributed by atoms with Gasteiger partial charge in [-0.2, -0.15) is 9.99 Å². The van der Waals surface area contributed by atoms with Gasteiger partial charge in [0.25, 0.3) is 0 Å². The molecule has 0 aliphatic heterocycles. The Morgan fingerprint density at radius 3 is 3.12 bits per heavy atom. The molecular weight excluding hydrogens is 212 g/mol. The zero-order chi connectivity index (χ0) is 11.5. The maximum atomic E-state index is 11.2. The Morgan fingerprint density at radius 1 is 1.56 bits per heavy atom. The highest BCUT2D eigenvalue weighted by Crippen LogP contribution is 2.19. The third-order valence-corrected chi connectivity index (χ3v) is 2.08. The van der Waals surface area contributed by atoms with Crippen molar-refractivity contribution < 1.29 is 19.7 Å². The quantitative estimate of drug-likeness (QED) is 0.615. The molecule has 0 aliphatic rings. The molecular formula is C10H10N2O4. The number of phenols is 1. The van der Waals surface area contributed by atoms with E-state index >= 15 is 0 Å². The molecule has 0 saturated heterocycles. The summed E-state index contributed by atoms with van der Waals surface area (Å²) in [6.45, 7) is -0.0396. The lowest BCUT2D eigenvalue weighted by Crippen LogP contribution is -2.13. The van der Waals surface area contributed by atoms with Gasteiger partial charge in [0.05, 0.1) is 18.8 Å². The number of aromatic hydroxyl groups is 1. The average molecular weight is 222 g/mol. The fraction of sp³-hybridized carbons (Fsp3) is 0.200. The number of carbonyl (C=O) groups excluding carboxylic acids is 1. The minimum absolute atomic E-state index is 0.0396. The van der Waals surface area contributed by atoms with Gasteiger partial charge in [-0.15, -0.1) is 0 Å². The zero-order valence-corrected chi connectivity index (χ0v) is 8.58. The van der Waals surface area contributed by atoms with Crippen molar-refractivity contribution in [3.05, 3.63) is 24.4 Å². The van der Waals surface area contributed by atoms with Crippen LogP contribution in [0.15, 0.2) is 24.4 Å². The van der Waals surface area contributed by atoms with Gasteiger partial charge in [-0.05, 0) is 18.2 Å². The van der Waals surface area contributed by atoms with E-state index in [0.29, 0.717) is 0 Å². The SMILES string of the molecule is COOC(=O)Cn1ncc2cc(O)ccc21. The molecule has 6 nitrogen and oxygen atoms in total. The standard InChI is InChI=1S/C10H10N2O4/c1-15-16-10(14)6-12-9-3-2-8(13)4-7(9)5-11-12/h2-5,13H,6H2,1H3. The zero-order valence-electron chi connectivity index (χ0n) is 8.58. The van der Waals surface area contributed by atoms with Crippen LogP contribution in [-0.4, -0.2) is 28.0 Å². The summed E-state index contributed by atoms with van der Waals surface area (Å²) in [5.74, 6) is -0.382. The Bertz CT molecular complexity index is 521. The summed E-state index contributed by atoms with van der Waals surface area (Å²) in [4.78, 5) is 19.8. The van der Waals surface area contributed by atoms with Gasteiger partial charge < -0.3 is 5.11 Å². The molecule has 6 heteroatoms. The average Bonchev–Trinajstić information content (AvgIpc) is 2.61. The van der Waals surface area contributed by atoms with Crippen LogP contribution in [0.3, 0.4) is 0 Å². The van der Waals surface area contributed by atoms with Crippen LogP contribution in [0.1, 0.15) is 0 Å². The van der Waals surface area contributed by atoms with E-state index in [4.69, 9.17) is 0 Å². The summed E-state index contributed by atoms with van der Waals surface area (Å²) in [6.07, 6.45) is 1.56. The van der Waals surface area contributed by atoms with Crippen LogP contribution in [-0.2, 0) is 21.1 Å². The second kappa shape index (κ2) is 4.19. The molecule has 1 aromatic carbocycles. The number of fused-ring (bicyclic) bond motifs is 1. The molecule has 0 saturated carbocycles. The second-order valence-corrected chi connectivity index (χ2v) is 3.17. The van der Waals surface area contributed by atoms with Gasteiger partial charge in [-0.1, -0.05) is 0 Å². The Balaban J connectivity index is 2.28. The third kappa shape index (κ3) is 1.96. The molecule has 0 amide bonds. The summed E-state index contributed by atoms with van der Waals surface area (Å²) >= 11 is 0. The Hall–Kier alpha value is -2.08. The number of hydrogen-bond acceptors (Lipinski definition) is 5. The molecule has 1 heterocycles. The van der Waals surface area contributed by atoms with Gasteiger partial charge in [0, 0.05) is 5.39 Å².